The highest BCUT2D eigenvalue weighted by atomic mass is 16.5. The van der Waals surface area contributed by atoms with Gasteiger partial charge in [-0.3, -0.25) is 4.79 Å². The van der Waals surface area contributed by atoms with Gasteiger partial charge in [0.15, 0.2) is 0 Å². The molecular weight excluding hydrogens is 689 g/mol. The number of Topliss-reactive ketones (excluding diaryl/α,β-unsaturated/α-hetero) is 1. The second-order valence-corrected chi connectivity index (χ2v) is 22.0. The molecule has 4 heteroatoms. The standard InChI is InChI=1S/C11H20O.2C10H20O.C10H20.C9H16O.2CH4/c1-9(2)10-3-5-11(6-4-10)7-8-12-11;2*1-8(2)9-5-4-6-10(3,11)7-9;1-8(2)10-6-4-5-9(3)7-10;1-7(2)8-3-5-9(10)6-4-8;;/h9-10H,3-8H2,1-2H3;2*8-9,11H,4-7H2,1-3H3;8-10H,4-7H2,1-3H3;7-8H,3-6H2,1-2H3;2*1H4. The van der Waals surface area contributed by atoms with Gasteiger partial charge in [-0.15, -0.1) is 0 Å². The maximum Gasteiger partial charge on any atom is 0.132 e. The van der Waals surface area contributed by atoms with Crippen LogP contribution in [-0.2, 0) is 9.53 Å². The molecule has 6 fully saturated rings. The van der Waals surface area contributed by atoms with Crippen LogP contribution in [0.3, 0.4) is 0 Å². The minimum Gasteiger partial charge on any atom is -0.390 e. The van der Waals surface area contributed by atoms with Crippen molar-refractivity contribution in [1.29, 1.82) is 0 Å². The lowest BCUT2D eigenvalue weighted by Gasteiger charge is -2.47. The first-order chi connectivity index (χ1) is 25.1. The molecule has 0 aromatic heterocycles. The first-order valence-corrected chi connectivity index (χ1v) is 23.7. The van der Waals surface area contributed by atoms with Crippen molar-refractivity contribution < 1.29 is 19.7 Å². The Bertz CT molecular complexity index is 952. The van der Waals surface area contributed by atoms with E-state index >= 15 is 0 Å². The quantitative estimate of drug-likeness (QED) is 0.291. The number of rotatable bonds is 5. The summed E-state index contributed by atoms with van der Waals surface area (Å²) in [7, 11) is 0. The summed E-state index contributed by atoms with van der Waals surface area (Å²) in [4.78, 5) is 10.8. The van der Waals surface area contributed by atoms with Crippen LogP contribution < -0.4 is 0 Å². The molecule has 6 unspecified atom stereocenters. The summed E-state index contributed by atoms with van der Waals surface area (Å²) < 4.78 is 5.69. The molecule has 6 atom stereocenters. The zero-order valence-electron chi connectivity index (χ0n) is 38.6. The van der Waals surface area contributed by atoms with Crippen molar-refractivity contribution in [2.24, 2.45) is 65.1 Å². The SMILES string of the molecule is C.C.CC(C)C1CCC(=O)CC1.CC(C)C1CCC2(CCO2)CC1.CC(C)C1CCCC(C)(O)C1.CC(C)C1CCCC(C)(O)C1.CC1CCCC(C(C)C)C1. The molecule has 0 radical (unpaired) electrons. The number of hydrogen-bond donors (Lipinski definition) is 2. The molecule has 1 saturated heterocycles. The zero-order chi connectivity index (χ0) is 40.7. The molecule has 0 aromatic carbocycles. The normalized spacial score (nSPS) is 34.6. The van der Waals surface area contributed by atoms with Crippen LogP contribution in [0, 0.1) is 65.1 Å². The van der Waals surface area contributed by atoms with Gasteiger partial charge in [0, 0.05) is 12.8 Å². The van der Waals surface area contributed by atoms with Gasteiger partial charge in [0.25, 0.3) is 0 Å². The van der Waals surface area contributed by atoms with Crippen molar-refractivity contribution in [3.63, 3.8) is 0 Å². The Morgan fingerprint density at radius 3 is 1.18 bits per heavy atom. The predicted octanol–water partition coefficient (Wildman–Crippen LogP) is 15.3. The van der Waals surface area contributed by atoms with Crippen molar-refractivity contribution in [1.82, 2.24) is 0 Å². The van der Waals surface area contributed by atoms with Crippen LogP contribution in [0.15, 0.2) is 0 Å². The van der Waals surface area contributed by atoms with Gasteiger partial charge in [0.05, 0.1) is 23.4 Å². The van der Waals surface area contributed by atoms with Crippen LogP contribution in [0.25, 0.3) is 0 Å². The van der Waals surface area contributed by atoms with Gasteiger partial charge in [-0.05, 0) is 169 Å². The number of ketones is 1. The molecule has 2 N–H and O–H groups in total. The third-order valence-electron chi connectivity index (χ3n) is 15.2. The lowest BCUT2D eigenvalue weighted by molar-refractivity contribution is -0.171. The van der Waals surface area contributed by atoms with Gasteiger partial charge in [-0.1, -0.05) is 123 Å². The largest absolute Gasteiger partial charge is 0.390 e. The molecule has 5 aliphatic carbocycles. The van der Waals surface area contributed by atoms with E-state index in [4.69, 9.17) is 4.74 Å². The third-order valence-corrected chi connectivity index (χ3v) is 15.2. The van der Waals surface area contributed by atoms with Gasteiger partial charge in [-0.2, -0.15) is 0 Å². The van der Waals surface area contributed by atoms with Gasteiger partial charge in [-0.25, -0.2) is 0 Å². The van der Waals surface area contributed by atoms with Crippen molar-refractivity contribution in [2.75, 3.05) is 6.61 Å². The van der Waals surface area contributed by atoms with E-state index in [0.29, 0.717) is 11.4 Å². The van der Waals surface area contributed by atoms with Crippen LogP contribution in [0.1, 0.15) is 240 Å². The van der Waals surface area contributed by atoms with Gasteiger partial charge in [0.1, 0.15) is 5.78 Å². The maximum atomic E-state index is 10.8. The monoisotopic (exact) mass is 793 g/mol. The van der Waals surface area contributed by atoms with E-state index in [1.54, 1.807) is 0 Å². The summed E-state index contributed by atoms with van der Waals surface area (Å²) in [5.74, 6) is 9.83. The Morgan fingerprint density at radius 2 is 0.893 bits per heavy atom. The molecule has 56 heavy (non-hydrogen) atoms. The number of hydrogen-bond acceptors (Lipinski definition) is 4. The van der Waals surface area contributed by atoms with E-state index in [0.717, 1.165) is 123 Å². The highest BCUT2D eigenvalue weighted by molar-refractivity contribution is 5.79. The lowest BCUT2D eigenvalue weighted by atomic mass is 9.72. The van der Waals surface area contributed by atoms with Crippen molar-refractivity contribution in [3.05, 3.63) is 0 Å². The van der Waals surface area contributed by atoms with Crippen molar-refractivity contribution in [3.8, 4) is 0 Å². The first kappa shape index (κ1) is 55.5. The molecule has 0 amide bonds. The highest BCUT2D eigenvalue weighted by Crippen LogP contribution is 2.44. The fourth-order valence-electron chi connectivity index (χ4n) is 10.5. The number of aliphatic hydroxyl groups is 2. The number of ether oxygens (including phenoxy) is 1. The zero-order valence-corrected chi connectivity index (χ0v) is 38.6. The highest BCUT2D eigenvalue weighted by Gasteiger charge is 2.42. The molecule has 6 rings (SSSR count). The van der Waals surface area contributed by atoms with Gasteiger partial charge >= 0.3 is 0 Å². The Labute approximate surface area is 352 Å². The molecule has 1 heterocycles. The molecule has 1 spiro atoms. The van der Waals surface area contributed by atoms with E-state index in [1.165, 1.54) is 83.5 Å². The second-order valence-electron chi connectivity index (χ2n) is 22.0. The van der Waals surface area contributed by atoms with E-state index in [1.807, 2.05) is 13.8 Å². The fourth-order valence-corrected chi connectivity index (χ4v) is 10.5. The summed E-state index contributed by atoms with van der Waals surface area (Å²) >= 11 is 0. The number of carbonyl (C=O) groups excluding carboxylic acids is 1. The predicted molar refractivity (Wildman–Crippen MR) is 246 cm³/mol. The molecule has 336 valence electrons. The van der Waals surface area contributed by atoms with Crippen LogP contribution >= 0.6 is 0 Å². The molecule has 0 bridgehead atoms. The van der Waals surface area contributed by atoms with Crippen LogP contribution in [-0.4, -0.2) is 39.4 Å². The molecule has 5 saturated carbocycles. The van der Waals surface area contributed by atoms with Crippen LogP contribution in [0.4, 0.5) is 0 Å². The van der Waals surface area contributed by atoms with Crippen LogP contribution in [0.2, 0.25) is 0 Å². The van der Waals surface area contributed by atoms with Gasteiger partial charge < -0.3 is 14.9 Å². The van der Waals surface area contributed by atoms with E-state index in [2.05, 4.69) is 76.2 Å². The Kier molecular flexibility index (Phi) is 26.5. The summed E-state index contributed by atoms with van der Waals surface area (Å²) in [5, 5.41) is 19.6. The second kappa shape index (κ2) is 26.7. The minimum atomic E-state index is -0.368. The third kappa shape index (κ3) is 21.2. The fraction of sp³-hybridized carbons (Fsp3) is 0.981. The van der Waals surface area contributed by atoms with Gasteiger partial charge in [0.2, 0.25) is 0 Å². The summed E-state index contributed by atoms with van der Waals surface area (Å²) in [5.41, 5.74) is -0.369. The Hall–Kier alpha value is -0.450. The van der Waals surface area contributed by atoms with E-state index < -0.39 is 0 Å². The van der Waals surface area contributed by atoms with Crippen LogP contribution in [0.5, 0.6) is 0 Å². The molecule has 6 aliphatic rings. The number of carbonyl (C=O) groups is 1. The average molecular weight is 793 g/mol. The van der Waals surface area contributed by atoms with Crippen molar-refractivity contribution in [2.45, 2.75) is 257 Å². The minimum absolute atomic E-state index is 0. The Balaban J connectivity index is 0.000000671. The molecule has 0 aromatic rings. The summed E-state index contributed by atoms with van der Waals surface area (Å²) in [6, 6.07) is 0. The van der Waals surface area contributed by atoms with E-state index in [9.17, 15) is 15.0 Å². The summed E-state index contributed by atoms with van der Waals surface area (Å²) in [6.45, 7) is 30.3. The molecular formula is C52H104O4. The molecule has 1 aliphatic heterocycles. The van der Waals surface area contributed by atoms with E-state index in [-0.39, 0.29) is 26.1 Å². The Morgan fingerprint density at radius 1 is 0.518 bits per heavy atom. The topological polar surface area (TPSA) is 66.8 Å². The average Bonchev–Trinajstić information content (AvgIpc) is 3.08. The molecule has 4 nitrogen and oxygen atoms in total. The first-order valence-electron chi connectivity index (χ1n) is 23.7. The lowest BCUT2D eigenvalue weighted by Crippen LogP contribution is -2.46. The summed E-state index contributed by atoms with van der Waals surface area (Å²) in [6.07, 6.45) is 25.7. The maximum absolute atomic E-state index is 10.8. The van der Waals surface area contributed by atoms with Crippen molar-refractivity contribution >= 4 is 5.78 Å². The smallest absolute Gasteiger partial charge is 0.132 e.